The summed E-state index contributed by atoms with van der Waals surface area (Å²) in [6.45, 7) is 4.79. The maximum atomic E-state index is 4.95. The van der Waals surface area contributed by atoms with Crippen LogP contribution in [0.2, 0.25) is 0 Å². The molecule has 0 saturated heterocycles. The normalized spacial score (nSPS) is 33.7. The van der Waals surface area contributed by atoms with E-state index in [1.807, 2.05) is 0 Å². The Labute approximate surface area is 124 Å². The lowest BCUT2D eigenvalue weighted by atomic mass is 9.98. The highest BCUT2D eigenvalue weighted by molar-refractivity contribution is 5.13. The van der Waals surface area contributed by atoms with Gasteiger partial charge < -0.3 is 0 Å². The number of hydrogen-bond donors (Lipinski definition) is 0. The van der Waals surface area contributed by atoms with E-state index in [4.69, 9.17) is 4.98 Å². The van der Waals surface area contributed by atoms with Crippen LogP contribution in [0.3, 0.4) is 0 Å². The number of aromatic nitrogens is 1. The number of rotatable bonds is 4. The summed E-state index contributed by atoms with van der Waals surface area (Å²) in [6.07, 6.45) is 10.9. The Balaban J connectivity index is 1.58. The molecule has 110 valence electrons. The molecule has 1 nitrogen and oxygen atoms in total. The Morgan fingerprint density at radius 1 is 0.850 bits per heavy atom. The molecule has 0 aliphatic heterocycles. The first-order valence-electron chi connectivity index (χ1n) is 8.64. The third-order valence-electron chi connectivity index (χ3n) is 5.47. The highest BCUT2D eigenvalue weighted by atomic mass is 14.7. The van der Waals surface area contributed by atoms with Crippen molar-refractivity contribution >= 4 is 0 Å². The summed E-state index contributed by atoms with van der Waals surface area (Å²) in [6, 6.07) is 6.71. The fourth-order valence-electron chi connectivity index (χ4n) is 4.37. The van der Waals surface area contributed by atoms with Gasteiger partial charge in [0, 0.05) is 11.4 Å². The van der Waals surface area contributed by atoms with Gasteiger partial charge in [-0.2, -0.15) is 0 Å². The van der Waals surface area contributed by atoms with Gasteiger partial charge in [0.05, 0.1) is 0 Å². The third kappa shape index (κ3) is 3.62. The monoisotopic (exact) mass is 271 g/mol. The molecule has 1 aromatic heterocycles. The van der Waals surface area contributed by atoms with E-state index >= 15 is 0 Å². The summed E-state index contributed by atoms with van der Waals surface area (Å²) in [5.41, 5.74) is 2.68. The van der Waals surface area contributed by atoms with Crippen molar-refractivity contribution in [2.75, 3.05) is 0 Å². The summed E-state index contributed by atoms with van der Waals surface area (Å²) >= 11 is 0. The number of pyridine rings is 1. The third-order valence-corrected chi connectivity index (χ3v) is 5.47. The Morgan fingerprint density at radius 2 is 1.35 bits per heavy atom. The van der Waals surface area contributed by atoms with Crippen molar-refractivity contribution in [3.05, 3.63) is 29.6 Å². The average molecular weight is 271 g/mol. The predicted octanol–water partition coefficient (Wildman–Crippen LogP) is 5.04. The largest absolute Gasteiger partial charge is 0.258 e. The Hall–Kier alpha value is -0.850. The lowest BCUT2D eigenvalue weighted by molar-refractivity contribution is 0.497. The van der Waals surface area contributed by atoms with E-state index < -0.39 is 0 Å². The maximum absolute atomic E-state index is 4.95. The molecule has 2 aliphatic carbocycles. The molecule has 2 saturated carbocycles. The van der Waals surface area contributed by atoms with Crippen LogP contribution in [-0.4, -0.2) is 4.98 Å². The standard InChI is InChI=1S/C19H29N/c1-14-6-8-16(10-14)12-18-4-3-5-19(20-18)13-17-9-7-15(2)11-17/h3-5,14-17H,6-13H2,1-2H3. The van der Waals surface area contributed by atoms with Crippen molar-refractivity contribution in [2.24, 2.45) is 23.7 Å². The smallest absolute Gasteiger partial charge is 0.0409 e. The van der Waals surface area contributed by atoms with E-state index in [2.05, 4.69) is 32.0 Å². The molecule has 4 atom stereocenters. The molecule has 1 heteroatoms. The lowest BCUT2D eigenvalue weighted by Gasteiger charge is -2.12. The van der Waals surface area contributed by atoms with E-state index in [9.17, 15) is 0 Å². The minimum atomic E-state index is 0.888. The maximum Gasteiger partial charge on any atom is 0.0409 e. The molecule has 1 heterocycles. The first kappa shape index (κ1) is 14.1. The fraction of sp³-hybridized carbons (Fsp3) is 0.737. The van der Waals surface area contributed by atoms with Crippen LogP contribution >= 0.6 is 0 Å². The second kappa shape index (κ2) is 6.28. The zero-order valence-corrected chi connectivity index (χ0v) is 13.1. The molecule has 1 aromatic rings. The van der Waals surface area contributed by atoms with Gasteiger partial charge in [-0.25, -0.2) is 0 Å². The fourth-order valence-corrected chi connectivity index (χ4v) is 4.37. The van der Waals surface area contributed by atoms with Gasteiger partial charge in [0.15, 0.2) is 0 Å². The Kier molecular flexibility index (Phi) is 4.43. The summed E-state index contributed by atoms with van der Waals surface area (Å²) in [4.78, 5) is 4.95. The van der Waals surface area contributed by atoms with Crippen molar-refractivity contribution in [3.8, 4) is 0 Å². The zero-order chi connectivity index (χ0) is 13.9. The lowest BCUT2D eigenvalue weighted by Crippen LogP contribution is -2.06. The molecule has 2 fully saturated rings. The Bertz CT molecular complexity index is 402. The molecule has 2 aliphatic rings. The van der Waals surface area contributed by atoms with Crippen LogP contribution in [0.5, 0.6) is 0 Å². The van der Waals surface area contributed by atoms with Gasteiger partial charge in [-0.3, -0.25) is 4.98 Å². The van der Waals surface area contributed by atoms with Crippen molar-refractivity contribution in [1.82, 2.24) is 4.98 Å². The summed E-state index contributed by atoms with van der Waals surface area (Å²) in [7, 11) is 0. The van der Waals surface area contributed by atoms with Crippen LogP contribution in [0, 0.1) is 23.7 Å². The molecule has 0 bridgehead atoms. The van der Waals surface area contributed by atoms with Crippen LogP contribution in [0.15, 0.2) is 18.2 Å². The molecule has 0 aromatic carbocycles. The minimum Gasteiger partial charge on any atom is -0.258 e. The molecular formula is C19H29N. The molecule has 4 unspecified atom stereocenters. The number of nitrogens with zero attached hydrogens (tertiary/aromatic N) is 1. The molecule has 0 amide bonds. The first-order chi connectivity index (χ1) is 9.69. The van der Waals surface area contributed by atoms with Gasteiger partial charge >= 0.3 is 0 Å². The SMILES string of the molecule is CC1CCC(Cc2cccc(CC3CCC(C)C3)n2)C1. The molecule has 0 radical (unpaired) electrons. The number of hydrogen-bond acceptors (Lipinski definition) is 1. The molecule has 20 heavy (non-hydrogen) atoms. The van der Waals surface area contributed by atoms with Gasteiger partial charge in [0.25, 0.3) is 0 Å². The van der Waals surface area contributed by atoms with Crippen LogP contribution in [-0.2, 0) is 12.8 Å². The van der Waals surface area contributed by atoms with Gasteiger partial charge in [-0.05, 0) is 74.3 Å². The van der Waals surface area contributed by atoms with E-state index in [1.165, 1.54) is 62.8 Å². The van der Waals surface area contributed by atoms with Crippen LogP contribution < -0.4 is 0 Å². The van der Waals surface area contributed by atoms with Gasteiger partial charge in [-0.1, -0.05) is 32.8 Å². The molecule has 0 N–H and O–H groups in total. The molecule has 3 rings (SSSR count). The quantitative estimate of drug-likeness (QED) is 0.747. The second-order valence-electron chi connectivity index (χ2n) is 7.60. The van der Waals surface area contributed by atoms with Gasteiger partial charge in [0.1, 0.15) is 0 Å². The van der Waals surface area contributed by atoms with Crippen molar-refractivity contribution < 1.29 is 0 Å². The van der Waals surface area contributed by atoms with Crippen LogP contribution in [0.4, 0.5) is 0 Å². The van der Waals surface area contributed by atoms with Crippen molar-refractivity contribution in [1.29, 1.82) is 0 Å². The Morgan fingerprint density at radius 3 is 1.75 bits per heavy atom. The van der Waals surface area contributed by atoms with Crippen molar-refractivity contribution in [2.45, 2.75) is 65.2 Å². The van der Waals surface area contributed by atoms with Gasteiger partial charge in [-0.15, -0.1) is 0 Å². The van der Waals surface area contributed by atoms with E-state index in [-0.39, 0.29) is 0 Å². The van der Waals surface area contributed by atoms with Crippen molar-refractivity contribution in [3.63, 3.8) is 0 Å². The first-order valence-corrected chi connectivity index (χ1v) is 8.64. The van der Waals surface area contributed by atoms with Crippen LogP contribution in [0.1, 0.15) is 63.8 Å². The van der Waals surface area contributed by atoms with Gasteiger partial charge in [0.2, 0.25) is 0 Å². The molecule has 0 spiro atoms. The average Bonchev–Trinajstić information content (AvgIpc) is 2.99. The predicted molar refractivity (Wildman–Crippen MR) is 84.7 cm³/mol. The second-order valence-corrected chi connectivity index (χ2v) is 7.60. The summed E-state index contributed by atoms with van der Waals surface area (Å²) < 4.78 is 0. The highest BCUT2D eigenvalue weighted by Crippen LogP contribution is 2.34. The summed E-state index contributed by atoms with van der Waals surface area (Å²) in [5.74, 6) is 3.64. The molecular weight excluding hydrogens is 242 g/mol. The topological polar surface area (TPSA) is 12.9 Å². The highest BCUT2D eigenvalue weighted by Gasteiger charge is 2.23. The van der Waals surface area contributed by atoms with E-state index in [0.717, 1.165) is 23.7 Å². The zero-order valence-electron chi connectivity index (χ0n) is 13.1. The van der Waals surface area contributed by atoms with E-state index in [1.54, 1.807) is 0 Å². The minimum absolute atomic E-state index is 0.888. The summed E-state index contributed by atoms with van der Waals surface area (Å²) in [5, 5.41) is 0. The van der Waals surface area contributed by atoms with Crippen LogP contribution in [0.25, 0.3) is 0 Å². The van der Waals surface area contributed by atoms with E-state index in [0.29, 0.717) is 0 Å².